The smallest absolute Gasteiger partial charge is 0.238 e. The Morgan fingerprint density at radius 2 is 1.73 bits per heavy atom. The second-order valence-corrected chi connectivity index (χ2v) is 7.16. The third-order valence-corrected chi connectivity index (χ3v) is 5.42. The Kier molecular flexibility index (Phi) is 6.45. The average molecular weight is 351 g/mol. The van der Waals surface area contributed by atoms with Gasteiger partial charge in [0, 0.05) is 11.7 Å². The van der Waals surface area contributed by atoms with Crippen LogP contribution in [0.5, 0.6) is 0 Å². The van der Waals surface area contributed by atoms with Crippen LogP contribution in [0, 0.1) is 0 Å². The molecule has 1 amide bonds. The van der Waals surface area contributed by atoms with Gasteiger partial charge in [-0.25, -0.2) is 0 Å². The summed E-state index contributed by atoms with van der Waals surface area (Å²) in [7, 11) is 0. The highest BCUT2D eigenvalue weighted by Crippen LogP contribution is 2.24. The second-order valence-electron chi connectivity index (χ2n) is 7.16. The maximum Gasteiger partial charge on any atom is 0.238 e. The summed E-state index contributed by atoms with van der Waals surface area (Å²) in [5.41, 5.74) is 4.83. The van der Waals surface area contributed by atoms with Crippen LogP contribution in [0.4, 0.5) is 5.69 Å². The minimum atomic E-state index is 0.112. The number of rotatable bonds is 7. The van der Waals surface area contributed by atoms with Gasteiger partial charge < -0.3 is 5.32 Å². The van der Waals surface area contributed by atoms with Crippen LogP contribution in [0.15, 0.2) is 48.5 Å². The topological polar surface area (TPSA) is 32.3 Å². The van der Waals surface area contributed by atoms with Gasteiger partial charge in [0.25, 0.3) is 0 Å². The number of aryl methyl sites for hydroxylation is 2. The summed E-state index contributed by atoms with van der Waals surface area (Å²) in [5, 5.41) is 3.21. The van der Waals surface area contributed by atoms with Crippen molar-refractivity contribution >= 4 is 11.6 Å². The Morgan fingerprint density at radius 1 is 1.04 bits per heavy atom. The number of hydrogen-bond acceptors (Lipinski definition) is 2. The molecular formula is C23H30N2O. The van der Waals surface area contributed by atoms with E-state index in [-0.39, 0.29) is 5.91 Å². The maximum atomic E-state index is 12.7. The first-order valence-corrected chi connectivity index (χ1v) is 9.89. The van der Waals surface area contributed by atoms with Gasteiger partial charge in [-0.15, -0.1) is 0 Å². The van der Waals surface area contributed by atoms with E-state index in [1.165, 1.54) is 29.5 Å². The predicted octanol–water partition coefficient (Wildman–Crippen LogP) is 4.46. The van der Waals surface area contributed by atoms with Gasteiger partial charge in [-0.2, -0.15) is 0 Å². The van der Waals surface area contributed by atoms with Crippen LogP contribution in [0.25, 0.3) is 0 Å². The summed E-state index contributed by atoms with van der Waals surface area (Å²) in [6.45, 7) is 5.78. The highest BCUT2D eigenvalue weighted by Gasteiger charge is 2.26. The Morgan fingerprint density at radius 3 is 2.38 bits per heavy atom. The molecule has 0 aromatic heterocycles. The molecule has 2 aromatic rings. The highest BCUT2D eigenvalue weighted by atomic mass is 16.2. The van der Waals surface area contributed by atoms with Gasteiger partial charge in [0.15, 0.2) is 0 Å². The van der Waals surface area contributed by atoms with Crippen molar-refractivity contribution in [3.8, 4) is 0 Å². The molecule has 0 aliphatic carbocycles. The summed E-state index contributed by atoms with van der Waals surface area (Å²) < 4.78 is 0. The zero-order valence-corrected chi connectivity index (χ0v) is 16.0. The van der Waals surface area contributed by atoms with Gasteiger partial charge in [0.2, 0.25) is 5.91 Å². The van der Waals surface area contributed by atoms with E-state index < -0.39 is 0 Å². The van der Waals surface area contributed by atoms with Crippen molar-refractivity contribution in [1.29, 1.82) is 0 Å². The van der Waals surface area contributed by atoms with Crippen molar-refractivity contribution in [3.05, 3.63) is 65.2 Å². The largest absolute Gasteiger partial charge is 0.324 e. The first-order chi connectivity index (χ1) is 12.7. The third kappa shape index (κ3) is 4.53. The molecular weight excluding hydrogens is 320 g/mol. The normalized spacial score (nSPS) is 17.4. The number of carbonyl (C=O) groups is 1. The Bertz CT molecular complexity index is 704. The molecule has 1 fully saturated rings. The number of hydrogen-bond donors (Lipinski definition) is 1. The molecule has 3 rings (SSSR count). The second kappa shape index (κ2) is 9.00. The molecule has 1 atom stereocenters. The van der Waals surface area contributed by atoms with E-state index in [0.717, 1.165) is 31.5 Å². The summed E-state index contributed by atoms with van der Waals surface area (Å²) in [6.07, 6.45) is 5.25. The van der Waals surface area contributed by atoms with E-state index in [4.69, 9.17) is 0 Å². The highest BCUT2D eigenvalue weighted by molar-refractivity contribution is 5.93. The van der Waals surface area contributed by atoms with Gasteiger partial charge in [-0.05, 0) is 55.3 Å². The number of para-hydroxylation sites is 1. The Hall–Kier alpha value is -2.13. The maximum absolute atomic E-state index is 12.7. The molecule has 0 bridgehead atoms. The molecule has 2 aromatic carbocycles. The van der Waals surface area contributed by atoms with Crippen molar-refractivity contribution in [2.45, 2.75) is 52.0 Å². The van der Waals surface area contributed by atoms with Crippen LogP contribution in [0.1, 0.15) is 43.4 Å². The Labute approximate surface area is 157 Å². The number of nitrogens with zero attached hydrogens (tertiary/aromatic N) is 1. The lowest BCUT2D eigenvalue weighted by molar-refractivity contribution is -0.117. The van der Waals surface area contributed by atoms with E-state index in [1.54, 1.807) is 0 Å². The number of likely N-dealkylation sites (tertiary alicyclic amines) is 1. The van der Waals surface area contributed by atoms with E-state index >= 15 is 0 Å². The lowest BCUT2D eigenvalue weighted by Crippen LogP contribution is -2.38. The Balaban J connectivity index is 1.64. The van der Waals surface area contributed by atoms with Crippen LogP contribution in [0.3, 0.4) is 0 Å². The number of nitrogens with one attached hydrogen (secondary N) is 1. The van der Waals surface area contributed by atoms with E-state index in [9.17, 15) is 4.79 Å². The van der Waals surface area contributed by atoms with Crippen molar-refractivity contribution in [2.75, 3.05) is 18.4 Å². The van der Waals surface area contributed by atoms with Crippen LogP contribution in [-0.4, -0.2) is 29.9 Å². The molecule has 3 nitrogen and oxygen atoms in total. The number of amides is 1. The van der Waals surface area contributed by atoms with E-state index in [0.29, 0.717) is 12.6 Å². The fraction of sp³-hybridized carbons (Fsp3) is 0.435. The quantitative estimate of drug-likeness (QED) is 0.800. The minimum absolute atomic E-state index is 0.112. The number of anilines is 1. The summed E-state index contributed by atoms with van der Waals surface area (Å²) >= 11 is 0. The van der Waals surface area contributed by atoms with Gasteiger partial charge in [-0.1, -0.05) is 62.4 Å². The van der Waals surface area contributed by atoms with E-state index in [2.05, 4.69) is 72.6 Å². The molecule has 3 heteroatoms. The van der Waals surface area contributed by atoms with Gasteiger partial charge >= 0.3 is 0 Å². The fourth-order valence-electron chi connectivity index (χ4n) is 3.99. The molecule has 1 heterocycles. The molecule has 0 radical (unpaired) electrons. The SMILES string of the molecule is CCc1cccc(CC)c1NC(=O)CN1CCCC1Cc1ccccc1. The summed E-state index contributed by atoms with van der Waals surface area (Å²) in [6, 6.07) is 17.4. The van der Waals surface area contributed by atoms with Crippen molar-refractivity contribution < 1.29 is 4.79 Å². The average Bonchev–Trinajstić information content (AvgIpc) is 3.09. The summed E-state index contributed by atoms with van der Waals surface area (Å²) in [4.78, 5) is 15.1. The van der Waals surface area contributed by atoms with Crippen molar-refractivity contribution in [1.82, 2.24) is 4.90 Å². The molecule has 1 N–H and O–H groups in total. The minimum Gasteiger partial charge on any atom is -0.324 e. The molecule has 1 saturated heterocycles. The monoisotopic (exact) mass is 350 g/mol. The van der Waals surface area contributed by atoms with Crippen LogP contribution in [0.2, 0.25) is 0 Å². The van der Waals surface area contributed by atoms with Gasteiger partial charge in [-0.3, -0.25) is 9.69 Å². The molecule has 138 valence electrons. The summed E-state index contributed by atoms with van der Waals surface area (Å²) in [5.74, 6) is 0.112. The third-order valence-electron chi connectivity index (χ3n) is 5.42. The van der Waals surface area contributed by atoms with Gasteiger partial charge in [0.1, 0.15) is 0 Å². The molecule has 0 saturated carbocycles. The first kappa shape index (κ1) is 18.7. The molecule has 1 unspecified atom stereocenters. The lowest BCUT2D eigenvalue weighted by Gasteiger charge is -2.24. The fourth-order valence-corrected chi connectivity index (χ4v) is 3.99. The molecule has 1 aliphatic heterocycles. The molecule has 1 aliphatic rings. The lowest BCUT2D eigenvalue weighted by atomic mass is 10.0. The molecule has 0 spiro atoms. The van der Waals surface area contributed by atoms with Gasteiger partial charge in [0.05, 0.1) is 6.54 Å². The first-order valence-electron chi connectivity index (χ1n) is 9.89. The molecule has 26 heavy (non-hydrogen) atoms. The van der Waals surface area contributed by atoms with Crippen LogP contribution >= 0.6 is 0 Å². The van der Waals surface area contributed by atoms with Crippen LogP contribution in [-0.2, 0) is 24.1 Å². The standard InChI is InChI=1S/C23H30N2O/c1-3-19-12-8-13-20(4-2)23(19)24-22(26)17-25-15-9-14-21(25)16-18-10-6-5-7-11-18/h5-8,10-13,21H,3-4,9,14-17H2,1-2H3,(H,24,26). The number of benzene rings is 2. The van der Waals surface area contributed by atoms with Crippen LogP contribution < -0.4 is 5.32 Å². The van der Waals surface area contributed by atoms with Crippen molar-refractivity contribution in [3.63, 3.8) is 0 Å². The van der Waals surface area contributed by atoms with E-state index in [1.807, 2.05) is 0 Å². The number of carbonyl (C=O) groups excluding carboxylic acids is 1. The van der Waals surface area contributed by atoms with Crippen molar-refractivity contribution in [2.24, 2.45) is 0 Å². The predicted molar refractivity (Wildman–Crippen MR) is 109 cm³/mol. The zero-order chi connectivity index (χ0) is 18.4. The zero-order valence-electron chi connectivity index (χ0n) is 16.0.